The monoisotopic (exact) mass is 919 g/mol. The molecular weight excluding hydrogens is 853 g/mol. The number of rotatable bonds is 21. The quantitative estimate of drug-likeness (QED) is 0.0666. The van der Waals surface area contributed by atoms with Gasteiger partial charge >= 0.3 is 0 Å². The third-order valence-corrected chi connectivity index (χ3v) is 13.0. The summed E-state index contributed by atoms with van der Waals surface area (Å²) >= 11 is 0. The van der Waals surface area contributed by atoms with Gasteiger partial charge in [-0.1, -0.05) is 132 Å². The van der Waals surface area contributed by atoms with Gasteiger partial charge < -0.3 is 14.7 Å². The molecule has 0 aliphatic rings. The number of aromatic nitrogens is 3. The highest BCUT2D eigenvalue weighted by Gasteiger charge is 2.23. The van der Waals surface area contributed by atoms with E-state index in [1.165, 1.54) is 89.2 Å². The third kappa shape index (κ3) is 12.8. The Hall–Kier alpha value is -7.26. The molecule has 7 aromatic rings. The molecule has 0 spiro atoms. The zero-order valence-corrected chi connectivity index (χ0v) is 41.2. The molecule has 0 aliphatic carbocycles. The topological polar surface area (TPSA) is 99.6 Å². The average Bonchev–Trinajstić information content (AvgIpc) is 3.40. The van der Waals surface area contributed by atoms with Crippen molar-refractivity contribution >= 4 is 34.8 Å². The van der Waals surface area contributed by atoms with Crippen LogP contribution in [0.1, 0.15) is 126 Å². The van der Waals surface area contributed by atoms with E-state index in [4.69, 9.17) is 0 Å². The fourth-order valence-corrected chi connectivity index (χ4v) is 8.43. The Bertz CT molecular complexity index is 2450. The normalized spacial score (nSPS) is 11.0. The zero-order chi connectivity index (χ0) is 48.7. The Kier molecular flexibility index (Phi) is 17.4. The SMILES string of the molecule is CCCCCc1ccc(-c2ccc(C(=O)N(C)c3cc(N(C)C(=O)c4ccc(-c5ccc(CCCCC)cc5)nc4)cc(N(C)C(=O)c4ccc(-c5ccc(CCCCC)cc5)nc4)c3)cn2)cc1. The van der Waals surface area contributed by atoms with Crippen molar-refractivity contribution in [3.8, 4) is 33.8 Å². The van der Waals surface area contributed by atoms with Crippen molar-refractivity contribution in [3.63, 3.8) is 0 Å². The predicted octanol–water partition coefficient (Wildman–Crippen LogP) is 13.9. The largest absolute Gasteiger partial charge is 0.311 e. The van der Waals surface area contributed by atoms with Crippen LogP contribution in [0.3, 0.4) is 0 Å². The number of unbranched alkanes of at least 4 members (excludes halogenated alkanes) is 6. The molecule has 0 aliphatic heterocycles. The standard InChI is InChI=1S/C60H66N6O3/c1-7-10-13-16-43-19-25-46(26-20-43)55-34-31-49(40-61-55)58(67)64(4)52-37-53(65(5)59(68)50-32-35-56(62-41-50)47-27-21-44(22-28-47)17-14-11-8-2)39-54(38-52)66(6)60(69)51-33-36-57(63-42-51)48-29-23-45(24-30-48)18-15-12-9-3/h19-42H,7-18H2,1-6H3. The summed E-state index contributed by atoms with van der Waals surface area (Å²) in [5, 5.41) is 0. The molecule has 3 heterocycles. The maximum absolute atomic E-state index is 14.2. The number of amides is 3. The van der Waals surface area contributed by atoms with E-state index in [1.54, 1.807) is 76.1 Å². The minimum Gasteiger partial charge on any atom is -0.311 e. The van der Waals surface area contributed by atoms with Gasteiger partial charge in [0.15, 0.2) is 0 Å². The van der Waals surface area contributed by atoms with Gasteiger partial charge in [-0.15, -0.1) is 0 Å². The van der Waals surface area contributed by atoms with Gasteiger partial charge in [0.25, 0.3) is 17.7 Å². The Morgan fingerprint density at radius 2 is 0.623 bits per heavy atom. The molecule has 354 valence electrons. The number of carbonyl (C=O) groups excluding carboxylic acids is 3. The molecule has 3 amide bonds. The molecule has 0 atom stereocenters. The average molecular weight is 919 g/mol. The van der Waals surface area contributed by atoms with Crippen molar-refractivity contribution in [1.29, 1.82) is 0 Å². The highest BCUT2D eigenvalue weighted by Crippen LogP contribution is 2.32. The number of hydrogen-bond acceptors (Lipinski definition) is 6. The summed E-state index contributed by atoms with van der Waals surface area (Å²) < 4.78 is 0. The molecule has 3 aromatic heterocycles. The minimum atomic E-state index is -0.297. The first kappa shape index (κ1) is 49.6. The number of hydrogen-bond donors (Lipinski definition) is 0. The van der Waals surface area contributed by atoms with Crippen LogP contribution in [-0.4, -0.2) is 53.8 Å². The molecule has 0 saturated carbocycles. The van der Waals surface area contributed by atoms with Crippen LogP contribution in [0, 0.1) is 0 Å². The van der Waals surface area contributed by atoms with E-state index in [1.807, 2.05) is 18.2 Å². The number of nitrogens with zero attached hydrogens (tertiary/aromatic N) is 6. The van der Waals surface area contributed by atoms with Gasteiger partial charge in [-0.3, -0.25) is 29.3 Å². The molecule has 9 heteroatoms. The fraction of sp³-hybridized carbons (Fsp3) is 0.300. The van der Waals surface area contributed by atoms with Gasteiger partial charge in [-0.2, -0.15) is 0 Å². The first-order chi connectivity index (χ1) is 33.6. The summed E-state index contributed by atoms with van der Waals surface area (Å²) in [4.78, 5) is 61.2. The Balaban J connectivity index is 1.13. The minimum absolute atomic E-state index is 0.297. The zero-order valence-electron chi connectivity index (χ0n) is 41.2. The lowest BCUT2D eigenvalue weighted by molar-refractivity contribution is 0.0986. The van der Waals surface area contributed by atoms with Gasteiger partial charge in [-0.25, -0.2) is 0 Å². The molecule has 0 unspecified atom stereocenters. The van der Waals surface area contributed by atoms with Gasteiger partial charge in [0.2, 0.25) is 0 Å². The van der Waals surface area contributed by atoms with E-state index < -0.39 is 0 Å². The second-order valence-corrected chi connectivity index (χ2v) is 18.1. The highest BCUT2D eigenvalue weighted by molar-refractivity contribution is 6.10. The molecule has 0 N–H and O–H groups in total. The first-order valence-electron chi connectivity index (χ1n) is 24.7. The number of pyridine rings is 3. The van der Waals surface area contributed by atoms with Crippen LogP contribution >= 0.6 is 0 Å². The van der Waals surface area contributed by atoms with Crippen LogP contribution in [0.25, 0.3) is 33.8 Å². The summed E-state index contributed by atoms with van der Waals surface area (Å²) in [6.07, 6.45) is 18.7. The second-order valence-electron chi connectivity index (χ2n) is 18.1. The van der Waals surface area contributed by atoms with E-state index in [0.29, 0.717) is 33.8 Å². The van der Waals surface area contributed by atoms with Gasteiger partial charge in [-0.05, 0) is 110 Å². The second kappa shape index (κ2) is 24.2. The molecule has 69 heavy (non-hydrogen) atoms. The van der Waals surface area contributed by atoms with E-state index in [2.05, 4.69) is 109 Å². The molecular formula is C60H66N6O3. The number of aryl methyl sites for hydroxylation is 3. The van der Waals surface area contributed by atoms with Gasteiger partial charge in [0.05, 0.1) is 33.8 Å². The van der Waals surface area contributed by atoms with Crippen LogP contribution in [0.4, 0.5) is 17.1 Å². The lowest BCUT2D eigenvalue weighted by Crippen LogP contribution is -2.31. The van der Waals surface area contributed by atoms with E-state index in [-0.39, 0.29) is 17.7 Å². The molecule has 0 radical (unpaired) electrons. The summed E-state index contributed by atoms with van der Waals surface area (Å²) in [7, 11) is 5.04. The molecule has 0 saturated heterocycles. The fourth-order valence-electron chi connectivity index (χ4n) is 8.43. The van der Waals surface area contributed by atoms with Crippen molar-refractivity contribution < 1.29 is 14.4 Å². The summed E-state index contributed by atoms with van der Waals surface area (Å²) in [5.74, 6) is -0.892. The smallest absolute Gasteiger partial charge is 0.259 e. The molecule has 7 rings (SSSR count). The van der Waals surface area contributed by atoms with E-state index in [0.717, 1.165) is 53.0 Å². The molecule has 9 nitrogen and oxygen atoms in total. The highest BCUT2D eigenvalue weighted by atomic mass is 16.2. The lowest BCUT2D eigenvalue weighted by Gasteiger charge is -2.26. The van der Waals surface area contributed by atoms with Crippen molar-refractivity contribution in [2.45, 2.75) is 97.8 Å². The number of anilines is 3. The first-order valence-corrected chi connectivity index (χ1v) is 24.7. The number of carbonyl (C=O) groups is 3. The molecule has 4 aromatic carbocycles. The summed E-state index contributed by atoms with van der Waals surface area (Å²) in [5.41, 5.74) is 11.8. The number of benzene rings is 4. The molecule has 0 fully saturated rings. The maximum Gasteiger partial charge on any atom is 0.259 e. The molecule has 0 bridgehead atoms. The summed E-state index contributed by atoms with van der Waals surface area (Å²) in [6.45, 7) is 6.63. The van der Waals surface area contributed by atoms with Crippen LogP contribution < -0.4 is 14.7 Å². The maximum atomic E-state index is 14.2. The summed E-state index contributed by atoms with van der Waals surface area (Å²) in [6, 6.07) is 41.6. The van der Waals surface area contributed by atoms with Crippen molar-refractivity contribution in [3.05, 3.63) is 179 Å². The van der Waals surface area contributed by atoms with Crippen LogP contribution in [0.5, 0.6) is 0 Å². The van der Waals surface area contributed by atoms with E-state index >= 15 is 0 Å². The van der Waals surface area contributed by atoms with Crippen LogP contribution in [0.2, 0.25) is 0 Å². The third-order valence-electron chi connectivity index (χ3n) is 13.0. The van der Waals surface area contributed by atoms with Crippen molar-refractivity contribution in [2.75, 3.05) is 35.8 Å². The van der Waals surface area contributed by atoms with Crippen molar-refractivity contribution in [2.24, 2.45) is 0 Å². The van der Waals surface area contributed by atoms with E-state index in [9.17, 15) is 14.4 Å². The van der Waals surface area contributed by atoms with Crippen LogP contribution in [0.15, 0.2) is 146 Å². The van der Waals surface area contributed by atoms with Gasteiger partial charge in [0.1, 0.15) is 0 Å². The Morgan fingerprint density at radius 1 is 0.362 bits per heavy atom. The Labute approximate surface area is 409 Å². The van der Waals surface area contributed by atoms with Gasteiger partial charge in [0, 0.05) is 73.5 Å². The van der Waals surface area contributed by atoms with Crippen molar-refractivity contribution in [1.82, 2.24) is 15.0 Å². The Morgan fingerprint density at radius 3 is 0.841 bits per heavy atom. The lowest BCUT2D eigenvalue weighted by atomic mass is 10.0. The van der Waals surface area contributed by atoms with Crippen LogP contribution in [-0.2, 0) is 19.3 Å². The predicted molar refractivity (Wildman–Crippen MR) is 283 cm³/mol.